The molecule has 37 heavy (non-hydrogen) atoms. The summed E-state index contributed by atoms with van der Waals surface area (Å²) in [6.07, 6.45) is 8.54. The van der Waals surface area contributed by atoms with Crippen LogP contribution in [0.15, 0.2) is 24.4 Å². The van der Waals surface area contributed by atoms with Crippen LogP contribution in [-0.2, 0) is 4.79 Å². The van der Waals surface area contributed by atoms with Crippen molar-refractivity contribution in [1.82, 2.24) is 20.2 Å². The van der Waals surface area contributed by atoms with Gasteiger partial charge in [-0.2, -0.15) is 4.98 Å². The van der Waals surface area contributed by atoms with Gasteiger partial charge in [0.15, 0.2) is 0 Å². The molecule has 2 heterocycles. The third-order valence-corrected chi connectivity index (χ3v) is 8.03. The second kappa shape index (κ2) is 11.7. The van der Waals surface area contributed by atoms with Crippen LogP contribution in [0.3, 0.4) is 0 Å². The first kappa shape index (κ1) is 25.8. The van der Waals surface area contributed by atoms with Gasteiger partial charge in [0.2, 0.25) is 11.9 Å². The fourth-order valence-electron chi connectivity index (χ4n) is 5.13. The highest BCUT2D eigenvalue weighted by atomic mass is 16.1. The summed E-state index contributed by atoms with van der Waals surface area (Å²) in [6, 6.07) is 6.72. The molecule has 1 saturated heterocycles. The SMILES string of the molecule is CC(C)c1cc(N2CCN(C)CC2)ccc1Nc1ncc(C2CC2)c(NCCCNC(=O)C2CCC2)n1. The maximum Gasteiger partial charge on any atom is 0.229 e. The van der Waals surface area contributed by atoms with Gasteiger partial charge in [0, 0.05) is 68.3 Å². The van der Waals surface area contributed by atoms with Crippen LogP contribution in [0.2, 0.25) is 0 Å². The molecule has 0 bridgehead atoms. The van der Waals surface area contributed by atoms with E-state index in [-0.39, 0.29) is 11.8 Å². The molecule has 2 saturated carbocycles. The third kappa shape index (κ3) is 6.53. The van der Waals surface area contributed by atoms with E-state index in [0.717, 1.165) is 63.5 Å². The van der Waals surface area contributed by atoms with Crippen molar-refractivity contribution in [2.45, 2.75) is 64.2 Å². The van der Waals surface area contributed by atoms with E-state index in [9.17, 15) is 4.79 Å². The Morgan fingerprint density at radius 1 is 1.08 bits per heavy atom. The van der Waals surface area contributed by atoms with E-state index in [4.69, 9.17) is 4.98 Å². The molecule has 0 spiro atoms. The van der Waals surface area contributed by atoms with Gasteiger partial charge in [-0.05, 0) is 74.8 Å². The Hall–Kier alpha value is -2.87. The van der Waals surface area contributed by atoms with Gasteiger partial charge in [-0.25, -0.2) is 4.98 Å². The van der Waals surface area contributed by atoms with E-state index < -0.39 is 0 Å². The van der Waals surface area contributed by atoms with Crippen LogP contribution in [0.25, 0.3) is 0 Å². The summed E-state index contributed by atoms with van der Waals surface area (Å²) in [5.74, 6) is 2.96. The van der Waals surface area contributed by atoms with Gasteiger partial charge in [-0.3, -0.25) is 4.79 Å². The lowest BCUT2D eigenvalue weighted by molar-refractivity contribution is -0.127. The Balaban J connectivity index is 1.23. The molecule has 8 nitrogen and oxygen atoms in total. The van der Waals surface area contributed by atoms with Gasteiger partial charge in [-0.1, -0.05) is 20.3 Å². The lowest BCUT2D eigenvalue weighted by Crippen LogP contribution is -2.44. The first-order chi connectivity index (χ1) is 18.0. The minimum Gasteiger partial charge on any atom is -0.370 e. The lowest BCUT2D eigenvalue weighted by atomic mass is 9.85. The molecule has 200 valence electrons. The van der Waals surface area contributed by atoms with Gasteiger partial charge in [0.1, 0.15) is 5.82 Å². The number of likely N-dealkylation sites (N-methyl/N-ethyl adjacent to an activating group) is 1. The second-order valence-corrected chi connectivity index (χ2v) is 11.3. The van der Waals surface area contributed by atoms with E-state index in [1.807, 2.05) is 6.20 Å². The number of aromatic nitrogens is 2. The maximum absolute atomic E-state index is 12.1. The molecule has 1 aliphatic heterocycles. The highest BCUT2D eigenvalue weighted by Gasteiger charge is 2.28. The molecule has 5 rings (SSSR count). The van der Waals surface area contributed by atoms with Crippen molar-refractivity contribution in [3.05, 3.63) is 35.5 Å². The summed E-state index contributed by atoms with van der Waals surface area (Å²) in [6.45, 7) is 10.3. The van der Waals surface area contributed by atoms with Crippen LogP contribution in [-0.4, -0.2) is 67.1 Å². The van der Waals surface area contributed by atoms with Gasteiger partial charge >= 0.3 is 0 Å². The molecule has 1 aromatic heterocycles. The van der Waals surface area contributed by atoms with Crippen molar-refractivity contribution in [2.24, 2.45) is 5.92 Å². The second-order valence-electron chi connectivity index (χ2n) is 11.3. The highest BCUT2D eigenvalue weighted by Crippen LogP contribution is 2.43. The van der Waals surface area contributed by atoms with E-state index in [2.05, 4.69) is 69.8 Å². The molecule has 3 fully saturated rings. The van der Waals surface area contributed by atoms with E-state index in [1.54, 1.807) is 0 Å². The Morgan fingerprint density at radius 3 is 2.54 bits per heavy atom. The number of hydrogen-bond acceptors (Lipinski definition) is 7. The molecule has 1 amide bonds. The van der Waals surface area contributed by atoms with Gasteiger partial charge in [-0.15, -0.1) is 0 Å². The summed E-state index contributed by atoms with van der Waals surface area (Å²) in [4.78, 5) is 26.5. The number of carbonyl (C=O) groups is 1. The summed E-state index contributed by atoms with van der Waals surface area (Å²) in [5, 5.41) is 10.1. The third-order valence-electron chi connectivity index (χ3n) is 8.03. The molecule has 3 aliphatic rings. The summed E-state index contributed by atoms with van der Waals surface area (Å²) in [5.41, 5.74) is 4.84. The van der Waals surface area contributed by atoms with Crippen LogP contribution >= 0.6 is 0 Å². The Bertz CT molecular complexity index is 1070. The van der Waals surface area contributed by atoms with Gasteiger partial charge in [0.05, 0.1) is 0 Å². The topological polar surface area (TPSA) is 85.4 Å². The maximum atomic E-state index is 12.1. The van der Waals surface area contributed by atoms with Crippen molar-refractivity contribution < 1.29 is 4.79 Å². The molecular formula is C29H43N7O. The Morgan fingerprint density at radius 2 is 1.86 bits per heavy atom. The van der Waals surface area contributed by atoms with Crippen molar-refractivity contribution in [1.29, 1.82) is 0 Å². The molecule has 8 heteroatoms. The molecular weight excluding hydrogens is 462 g/mol. The van der Waals surface area contributed by atoms with Crippen LogP contribution in [0.4, 0.5) is 23.1 Å². The fraction of sp³-hybridized carbons (Fsp3) is 0.621. The largest absolute Gasteiger partial charge is 0.370 e. The molecule has 0 radical (unpaired) electrons. The fourth-order valence-corrected chi connectivity index (χ4v) is 5.13. The molecule has 0 unspecified atom stereocenters. The van der Waals surface area contributed by atoms with E-state index >= 15 is 0 Å². The minimum atomic E-state index is 0.220. The van der Waals surface area contributed by atoms with Crippen LogP contribution in [0.5, 0.6) is 0 Å². The highest BCUT2D eigenvalue weighted by molar-refractivity contribution is 5.79. The average molecular weight is 506 g/mol. The first-order valence-electron chi connectivity index (χ1n) is 14.2. The minimum absolute atomic E-state index is 0.220. The van der Waals surface area contributed by atoms with Gasteiger partial charge < -0.3 is 25.8 Å². The van der Waals surface area contributed by atoms with Crippen LogP contribution in [0, 0.1) is 5.92 Å². The zero-order valence-electron chi connectivity index (χ0n) is 22.7. The number of anilines is 4. The number of hydrogen-bond donors (Lipinski definition) is 3. The molecule has 0 atom stereocenters. The molecule has 2 aromatic rings. The van der Waals surface area contributed by atoms with Crippen LogP contribution in [0.1, 0.15) is 75.3 Å². The zero-order chi connectivity index (χ0) is 25.8. The predicted octanol–water partition coefficient (Wildman–Crippen LogP) is 4.69. The number of nitrogens with one attached hydrogen (secondary N) is 3. The van der Waals surface area contributed by atoms with E-state index in [0.29, 0.717) is 24.3 Å². The lowest BCUT2D eigenvalue weighted by Gasteiger charge is -2.34. The molecule has 2 aliphatic carbocycles. The van der Waals surface area contributed by atoms with Crippen molar-refractivity contribution in [3.63, 3.8) is 0 Å². The number of rotatable bonds is 11. The number of piperazine rings is 1. The Labute approximate surface area is 221 Å². The zero-order valence-corrected chi connectivity index (χ0v) is 22.7. The van der Waals surface area contributed by atoms with E-state index in [1.165, 1.54) is 36.1 Å². The van der Waals surface area contributed by atoms with Crippen molar-refractivity contribution >= 4 is 29.0 Å². The summed E-state index contributed by atoms with van der Waals surface area (Å²) < 4.78 is 0. The monoisotopic (exact) mass is 505 g/mol. The normalized spacial score (nSPS) is 18.5. The molecule has 1 aromatic carbocycles. The summed E-state index contributed by atoms with van der Waals surface area (Å²) in [7, 11) is 2.19. The predicted molar refractivity (Wildman–Crippen MR) is 151 cm³/mol. The first-order valence-corrected chi connectivity index (χ1v) is 14.2. The van der Waals surface area contributed by atoms with Crippen LogP contribution < -0.4 is 20.9 Å². The number of nitrogens with zero attached hydrogens (tertiary/aromatic N) is 4. The number of amides is 1. The average Bonchev–Trinajstić information content (AvgIpc) is 3.69. The number of benzene rings is 1. The Kier molecular flexibility index (Phi) is 8.13. The quantitative estimate of drug-likeness (QED) is 0.382. The standard InChI is InChI=1S/C29H43N7O/c1-20(2)24-18-23(36-16-14-35(3)15-17-36)10-11-26(24)33-29-32-19-25(21-8-9-21)27(34-29)30-12-5-13-31-28(37)22-6-4-7-22/h10-11,18-22H,4-9,12-17H2,1-3H3,(H,31,37)(H2,30,32,33,34). The van der Waals surface area contributed by atoms with Gasteiger partial charge in [0.25, 0.3) is 0 Å². The van der Waals surface area contributed by atoms with Crippen molar-refractivity contribution in [3.8, 4) is 0 Å². The smallest absolute Gasteiger partial charge is 0.229 e. The van der Waals surface area contributed by atoms with Crippen molar-refractivity contribution in [2.75, 3.05) is 61.8 Å². The molecule has 3 N–H and O–H groups in total. The summed E-state index contributed by atoms with van der Waals surface area (Å²) >= 11 is 0. The number of carbonyl (C=O) groups excluding carboxylic acids is 1.